The molecule has 1 aromatic carbocycles. The second-order valence-electron chi connectivity index (χ2n) is 13.4. The quantitative estimate of drug-likeness (QED) is 0.232. The van der Waals surface area contributed by atoms with Gasteiger partial charge in [0.2, 0.25) is 11.9 Å². The van der Waals surface area contributed by atoms with Crippen LogP contribution in [0.5, 0.6) is 0 Å². The van der Waals surface area contributed by atoms with Crippen LogP contribution in [0.25, 0.3) is 11.2 Å². The summed E-state index contributed by atoms with van der Waals surface area (Å²) in [5, 5.41) is 15.5. The van der Waals surface area contributed by atoms with E-state index in [0.717, 1.165) is 38.8 Å². The standard InChI is InChI=1S/C32H43N9O5/c1-31(2,3)41-16-12-32(13-17-41)10-14-40(15-11-32)24(42)9-8-23(29(45)46)37-27(43)20-4-6-21(7-5-20)34-18-22-19-35-26-25(36-22)28(44)39-30(33)38-26/h4-7,19,23,34H,8-18H2,1-3H3,(H,37,43)(H,45,46)(H3,33,35,38,39,44)/t23-/m0/s1. The fourth-order valence-corrected chi connectivity index (χ4v) is 6.30. The average molecular weight is 634 g/mol. The number of aliphatic carboxylic acids is 1. The molecule has 0 bridgehead atoms. The van der Waals surface area contributed by atoms with Crippen molar-refractivity contribution in [1.82, 2.24) is 35.1 Å². The lowest BCUT2D eigenvalue weighted by Gasteiger charge is -2.50. The van der Waals surface area contributed by atoms with E-state index in [9.17, 15) is 24.3 Å². The fourth-order valence-electron chi connectivity index (χ4n) is 6.30. The maximum atomic E-state index is 13.0. The summed E-state index contributed by atoms with van der Waals surface area (Å²) in [6.45, 7) is 10.5. The number of aromatic nitrogens is 4. The number of nitrogens with one attached hydrogen (secondary N) is 3. The molecule has 1 atom stereocenters. The van der Waals surface area contributed by atoms with Gasteiger partial charge >= 0.3 is 5.97 Å². The minimum atomic E-state index is -1.19. The lowest BCUT2D eigenvalue weighted by atomic mass is 9.70. The largest absolute Gasteiger partial charge is 0.480 e. The minimum absolute atomic E-state index is 0.0134. The number of nitrogens with zero attached hydrogens (tertiary/aromatic N) is 5. The summed E-state index contributed by atoms with van der Waals surface area (Å²) in [6.07, 6.45) is 5.79. The first-order valence-electron chi connectivity index (χ1n) is 15.7. The van der Waals surface area contributed by atoms with E-state index in [0.29, 0.717) is 29.9 Å². The van der Waals surface area contributed by atoms with Gasteiger partial charge in [0.1, 0.15) is 6.04 Å². The monoisotopic (exact) mass is 633 g/mol. The number of nitrogen functional groups attached to an aromatic ring is 1. The van der Waals surface area contributed by atoms with Gasteiger partial charge in [-0.1, -0.05) is 0 Å². The Kier molecular flexibility index (Phi) is 9.56. The van der Waals surface area contributed by atoms with Crippen LogP contribution in [0.15, 0.2) is 35.3 Å². The van der Waals surface area contributed by atoms with Crippen LogP contribution in [0.2, 0.25) is 0 Å². The van der Waals surface area contributed by atoms with Crippen LogP contribution in [0.3, 0.4) is 0 Å². The van der Waals surface area contributed by atoms with Gasteiger partial charge in [-0.3, -0.25) is 24.3 Å². The van der Waals surface area contributed by atoms with Gasteiger partial charge in [-0.15, -0.1) is 0 Å². The van der Waals surface area contributed by atoms with Crippen molar-refractivity contribution in [2.45, 2.75) is 77.4 Å². The second kappa shape index (κ2) is 13.4. The summed E-state index contributed by atoms with van der Waals surface area (Å²) in [5.41, 5.74) is 7.19. The predicted molar refractivity (Wildman–Crippen MR) is 173 cm³/mol. The van der Waals surface area contributed by atoms with Gasteiger partial charge in [0, 0.05) is 36.3 Å². The van der Waals surface area contributed by atoms with E-state index >= 15 is 0 Å². The van der Waals surface area contributed by atoms with Crippen LogP contribution in [0.4, 0.5) is 11.6 Å². The lowest BCUT2D eigenvalue weighted by molar-refractivity contribution is -0.140. The first-order valence-corrected chi connectivity index (χ1v) is 15.7. The molecule has 2 aliphatic heterocycles. The molecular formula is C32H43N9O5. The number of anilines is 2. The lowest BCUT2D eigenvalue weighted by Crippen LogP contribution is -2.52. The fraction of sp³-hybridized carbons (Fsp3) is 0.531. The molecule has 2 amide bonds. The van der Waals surface area contributed by atoms with Crippen molar-refractivity contribution in [3.63, 3.8) is 0 Å². The zero-order valence-electron chi connectivity index (χ0n) is 26.6. The molecule has 0 saturated carbocycles. The van der Waals surface area contributed by atoms with Gasteiger partial charge in [-0.2, -0.15) is 4.98 Å². The molecule has 5 rings (SSSR count). The zero-order valence-corrected chi connectivity index (χ0v) is 26.6. The number of carbonyl (C=O) groups is 3. The molecule has 0 radical (unpaired) electrons. The van der Waals surface area contributed by atoms with E-state index < -0.39 is 23.5 Å². The Morgan fingerprint density at radius 1 is 1.04 bits per heavy atom. The van der Waals surface area contributed by atoms with Gasteiger partial charge < -0.3 is 26.4 Å². The Morgan fingerprint density at radius 2 is 1.70 bits per heavy atom. The van der Waals surface area contributed by atoms with Crippen molar-refractivity contribution in [2.75, 3.05) is 37.2 Å². The number of benzene rings is 1. The molecule has 14 nitrogen and oxygen atoms in total. The van der Waals surface area contributed by atoms with Crippen LogP contribution in [-0.4, -0.2) is 90.4 Å². The predicted octanol–water partition coefficient (Wildman–Crippen LogP) is 2.37. The minimum Gasteiger partial charge on any atom is -0.480 e. The van der Waals surface area contributed by atoms with E-state index in [-0.39, 0.29) is 53.5 Å². The van der Waals surface area contributed by atoms with Gasteiger partial charge in [-0.25, -0.2) is 14.8 Å². The number of hydrogen-bond donors (Lipinski definition) is 5. The van der Waals surface area contributed by atoms with Crippen molar-refractivity contribution in [2.24, 2.45) is 5.41 Å². The third-order valence-electron chi connectivity index (χ3n) is 9.31. The molecule has 2 saturated heterocycles. The number of aromatic amines is 1. The second-order valence-corrected chi connectivity index (χ2v) is 13.4. The Hall–Kier alpha value is -4.59. The highest BCUT2D eigenvalue weighted by atomic mass is 16.4. The molecule has 6 N–H and O–H groups in total. The summed E-state index contributed by atoms with van der Waals surface area (Å²) in [4.78, 5) is 69.0. The number of carbonyl (C=O) groups excluding carboxylic acids is 2. The Bertz CT molecular complexity index is 1630. The van der Waals surface area contributed by atoms with E-state index in [1.165, 1.54) is 6.20 Å². The smallest absolute Gasteiger partial charge is 0.326 e. The molecule has 1 spiro atoms. The van der Waals surface area contributed by atoms with Crippen LogP contribution in [0.1, 0.15) is 75.3 Å². The van der Waals surface area contributed by atoms with Gasteiger partial charge in [0.15, 0.2) is 11.2 Å². The number of amides is 2. The highest BCUT2D eigenvalue weighted by Gasteiger charge is 2.40. The van der Waals surface area contributed by atoms with Gasteiger partial charge in [0.05, 0.1) is 18.4 Å². The number of piperidine rings is 2. The Balaban J connectivity index is 1.08. The number of likely N-dealkylation sites (tertiary alicyclic amines) is 2. The molecule has 2 fully saturated rings. The molecule has 14 heteroatoms. The molecule has 2 aliphatic rings. The van der Waals surface area contributed by atoms with Crippen LogP contribution < -0.4 is 21.9 Å². The molecule has 246 valence electrons. The van der Waals surface area contributed by atoms with Crippen molar-refractivity contribution < 1.29 is 19.5 Å². The first-order chi connectivity index (χ1) is 21.8. The molecule has 3 aromatic rings. The van der Waals surface area contributed by atoms with E-state index in [2.05, 4.69) is 56.2 Å². The summed E-state index contributed by atoms with van der Waals surface area (Å²) in [6, 6.07) is 5.30. The summed E-state index contributed by atoms with van der Waals surface area (Å²) in [7, 11) is 0. The zero-order chi connectivity index (χ0) is 33.1. The number of fused-ring (bicyclic) bond motifs is 1. The number of carboxylic acids is 1. The third-order valence-corrected chi connectivity index (χ3v) is 9.31. The topological polar surface area (TPSA) is 200 Å². The normalized spacial score (nSPS) is 17.5. The highest BCUT2D eigenvalue weighted by Crippen LogP contribution is 2.42. The van der Waals surface area contributed by atoms with Gasteiger partial charge in [0.25, 0.3) is 11.5 Å². The highest BCUT2D eigenvalue weighted by molar-refractivity contribution is 5.97. The van der Waals surface area contributed by atoms with Crippen molar-refractivity contribution in [3.05, 3.63) is 52.1 Å². The summed E-state index contributed by atoms with van der Waals surface area (Å²) >= 11 is 0. The molecular weight excluding hydrogens is 590 g/mol. The average Bonchev–Trinajstić information content (AvgIpc) is 3.02. The Morgan fingerprint density at radius 3 is 2.33 bits per heavy atom. The Labute approximate surface area is 267 Å². The molecule has 0 unspecified atom stereocenters. The van der Waals surface area contributed by atoms with E-state index in [1.807, 2.05) is 4.90 Å². The number of H-pyrrole nitrogens is 1. The SMILES string of the molecule is CC(C)(C)N1CCC2(CCN(C(=O)CC[C@H](NC(=O)c3ccc(NCc4cnc5nc(N)[nH]c(=O)c5n4)cc3)C(=O)O)CC2)CC1. The van der Waals surface area contributed by atoms with Crippen molar-refractivity contribution >= 4 is 40.6 Å². The molecule has 0 aliphatic carbocycles. The first kappa shape index (κ1) is 32.8. The molecule has 2 aromatic heterocycles. The summed E-state index contributed by atoms with van der Waals surface area (Å²) in [5.74, 6) is -1.84. The van der Waals surface area contributed by atoms with Crippen LogP contribution >= 0.6 is 0 Å². The van der Waals surface area contributed by atoms with Crippen LogP contribution in [-0.2, 0) is 16.1 Å². The van der Waals surface area contributed by atoms with E-state index in [4.69, 9.17) is 5.73 Å². The van der Waals surface area contributed by atoms with E-state index in [1.54, 1.807) is 24.3 Å². The summed E-state index contributed by atoms with van der Waals surface area (Å²) < 4.78 is 0. The third kappa shape index (κ3) is 7.79. The number of hydrogen-bond acceptors (Lipinski definition) is 10. The van der Waals surface area contributed by atoms with Crippen molar-refractivity contribution in [3.8, 4) is 0 Å². The van der Waals surface area contributed by atoms with Crippen molar-refractivity contribution in [1.29, 1.82) is 0 Å². The van der Waals surface area contributed by atoms with Gasteiger partial charge in [-0.05, 0) is 95.6 Å². The molecule has 4 heterocycles. The maximum Gasteiger partial charge on any atom is 0.326 e. The molecule has 46 heavy (non-hydrogen) atoms. The number of rotatable bonds is 9. The van der Waals surface area contributed by atoms with Crippen LogP contribution in [0, 0.1) is 5.41 Å². The number of nitrogens with two attached hydrogens (primary N) is 1. The maximum absolute atomic E-state index is 13.0. The number of carboxylic acid groups (broad SMARTS) is 1.